The average Bonchev–Trinajstić information content (AvgIpc) is 2.05. The number of hydrogen-bond donors (Lipinski definition) is 2. The average molecular weight is 223 g/mol. The summed E-state index contributed by atoms with van der Waals surface area (Å²) in [6, 6.07) is 6.43. The number of rotatable bonds is 2. The first-order chi connectivity index (χ1) is 5.56. The lowest BCUT2D eigenvalue weighted by Gasteiger charge is -2.01. The smallest absolute Gasteiger partial charge is 0.253 e. The van der Waals surface area contributed by atoms with Gasteiger partial charge in [-0.2, -0.15) is 4.83 Å². The first-order valence-corrected chi connectivity index (χ1v) is 4.83. The second-order valence-electron chi connectivity index (χ2n) is 2.43. The van der Waals surface area contributed by atoms with Gasteiger partial charge in [0.1, 0.15) is 0 Å². The van der Waals surface area contributed by atoms with Gasteiger partial charge >= 0.3 is 0 Å². The third-order valence-corrected chi connectivity index (χ3v) is 2.69. The van der Waals surface area contributed by atoms with Crippen molar-refractivity contribution in [2.24, 2.45) is 5.84 Å². The largest absolute Gasteiger partial charge is 0.257 e. The fourth-order valence-corrected chi connectivity index (χ4v) is 1.42. The van der Waals surface area contributed by atoms with Gasteiger partial charge < -0.3 is 0 Å². The van der Waals surface area contributed by atoms with Gasteiger partial charge in [0.05, 0.1) is 4.90 Å². The summed E-state index contributed by atoms with van der Waals surface area (Å²) in [6.45, 7) is 1.88. The quantitative estimate of drug-likeness (QED) is 0.568. The lowest BCUT2D eigenvalue weighted by atomic mass is 10.2. The minimum atomic E-state index is -3.49. The summed E-state index contributed by atoms with van der Waals surface area (Å²) in [4.78, 5) is 1.93. The zero-order valence-corrected chi connectivity index (χ0v) is 8.65. The van der Waals surface area contributed by atoms with E-state index >= 15 is 0 Å². The molecule has 0 saturated carbocycles. The molecule has 0 aromatic heterocycles. The Hall–Kier alpha value is -0.620. The molecule has 0 heterocycles. The number of sulfonamides is 1. The molecule has 0 amide bonds. The number of halogens is 1. The number of benzene rings is 1. The van der Waals surface area contributed by atoms with E-state index in [0.717, 1.165) is 5.56 Å². The second-order valence-corrected chi connectivity index (χ2v) is 4.15. The fraction of sp³-hybridized carbons (Fsp3) is 0.143. The molecule has 0 aliphatic carbocycles. The molecule has 74 valence electrons. The number of aryl methyl sites for hydroxylation is 1. The van der Waals surface area contributed by atoms with Crippen LogP contribution in [0.5, 0.6) is 0 Å². The lowest BCUT2D eigenvalue weighted by molar-refractivity contribution is 0.584. The SMILES string of the molecule is Cc1ccc(S(=O)(=O)NN)cc1.Cl. The van der Waals surface area contributed by atoms with Crippen molar-refractivity contribution >= 4 is 22.4 Å². The van der Waals surface area contributed by atoms with Crippen LogP contribution in [0.1, 0.15) is 5.56 Å². The summed E-state index contributed by atoms with van der Waals surface area (Å²) in [5.74, 6) is 4.84. The van der Waals surface area contributed by atoms with E-state index in [0.29, 0.717) is 0 Å². The Bertz CT molecular complexity index is 361. The molecule has 0 spiro atoms. The van der Waals surface area contributed by atoms with E-state index in [1.165, 1.54) is 12.1 Å². The van der Waals surface area contributed by atoms with E-state index < -0.39 is 10.0 Å². The molecule has 0 atom stereocenters. The molecule has 1 rings (SSSR count). The first kappa shape index (κ1) is 12.4. The van der Waals surface area contributed by atoms with Crippen LogP contribution in [0.2, 0.25) is 0 Å². The molecule has 0 unspecified atom stereocenters. The molecule has 0 fully saturated rings. The standard InChI is InChI=1S/C7H10N2O2S.ClH/c1-6-2-4-7(5-3-6)12(10,11)9-8;/h2-5,9H,8H2,1H3;1H. The maximum atomic E-state index is 11.1. The third kappa shape index (κ3) is 2.96. The highest BCUT2D eigenvalue weighted by Gasteiger charge is 2.09. The number of hydrazine groups is 1. The Kier molecular flexibility index (Phi) is 4.35. The Morgan fingerprint density at radius 1 is 1.23 bits per heavy atom. The molecule has 3 N–H and O–H groups in total. The highest BCUT2D eigenvalue weighted by Crippen LogP contribution is 2.08. The van der Waals surface area contributed by atoms with Crippen molar-refractivity contribution in [3.63, 3.8) is 0 Å². The van der Waals surface area contributed by atoms with Crippen molar-refractivity contribution in [1.82, 2.24) is 4.83 Å². The van der Waals surface area contributed by atoms with Crippen LogP contribution in [0.15, 0.2) is 29.2 Å². The molecule has 0 aliphatic rings. The van der Waals surface area contributed by atoms with E-state index in [9.17, 15) is 8.42 Å². The molecule has 0 radical (unpaired) electrons. The zero-order chi connectivity index (χ0) is 9.19. The molecule has 13 heavy (non-hydrogen) atoms. The Morgan fingerprint density at radius 3 is 2.08 bits per heavy atom. The molecular formula is C7H11ClN2O2S. The summed E-state index contributed by atoms with van der Waals surface area (Å²) >= 11 is 0. The van der Waals surface area contributed by atoms with Gasteiger partial charge in [0.15, 0.2) is 0 Å². The highest BCUT2D eigenvalue weighted by molar-refractivity contribution is 7.89. The topological polar surface area (TPSA) is 72.2 Å². The Balaban J connectivity index is 0.00000144. The van der Waals surface area contributed by atoms with Crippen LogP contribution in [0, 0.1) is 6.92 Å². The first-order valence-electron chi connectivity index (χ1n) is 3.35. The van der Waals surface area contributed by atoms with Crippen molar-refractivity contribution in [2.75, 3.05) is 0 Å². The number of hydrogen-bond acceptors (Lipinski definition) is 3. The van der Waals surface area contributed by atoms with Gasteiger partial charge in [-0.15, -0.1) is 12.4 Å². The van der Waals surface area contributed by atoms with Crippen LogP contribution in [-0.2, 0) is 10.0 Å². The molecule has 6 heteroatoms. The predicted octanol–water partition coefficient (Wildman–Crippen LogP) is 0.569. The van der Waals surface area contributed by atoms with Crippen LogP contribution in [-0.4, -0.2) is 8.42 Å². The summed E-state index contributed by atoms with van der Waals surface area (Å²) < 4.78 is 22.2. The Morgan fingerprint density at radius 2 is 1.69 bits per heavy atom. The van der Waals surface area contributed by atoms with Crippen molar-refractivity contribution in [1.29, 1.82) is 0 Å². The predicted molar refractivity (Wildman–Crippen MR) is 52.9 cm³/mol. The molecule has 0 aliphatic heterocycles. The fourth-order valence-electron chi connectivity index (χ4n) is 0.785. The molecular weight excluding hydrogens is 212 g/mol. The summed E-state index contributed by atoms with van der Waals surface area (Å²) in [5, 5.41) is 0. The van der Waals surface area contributed by atoms with Crippen LogP contribution < -0.4 is 10.7 Å². The summed E-state index contributed by atoms with van der Waals surface area (Å²) in [5.41, 5.74) is 1.01. The molecule has 1 aromatic carbocycles. The van der Waals surface area contributed by atoms with Gasteiger partial charge in [-0.25, -0.2) is 8.42 Å². The molecule has 0 saturated heterocycles. The van der Waals surface area contributed by atoms with E-state index in [-0.39, 0.29) is 17.3 Å². The minimum absolute atomic E-state index is 0. The maximum Gasteiger partial charge on any atom is 0.253 e. The zero-order valence-electron chi connectivity index (χ0n) is 7.02. The van der Waals surface area contributed by atoms with Gasteiger partial charge in [-0.05, 0) is 19.1 Å². The molecule has 0 bridgehead atoms. The maximum absolute atomic E-state index is 11.1. The van der Waals surface area contributed by atoms with E-state index in [1.54, 1.807) is 17.0 Å². The van der Waals surface area contributed by atoms with E-state index in [4.69, 9.17) is 5.84 Å². The number of nitrogens with one attached hydrogen (secondary N) is 1. The lowest BCUT2D eigenvalue weighted by Crippen LogP contribution is -2.30. The monoisotopic (exact) mass is 222 g/mol. The van der Waals surface area contributed by atoms with Gasteiger partial charge in [0.2, 0.25) is 0 Å². The van der Waals surface area contributed by atoms with Crippen LogP contribution in [0.3, 0.4) is 0 Å². The summed E-state index contributed by atoms with van der Waals surface area (Å²) in [7, 11) is -3.49. The van der Waals surface area contributed by atoms with E-state index in [2.05, 4.69) is 0 Å². The highest BCUT2D eigenvalue weighted by atomic mass is 35.5. The van der Waals surface area contributed by atoms with Crippen molar-refractivity contribution in [3.8, 4) is 0 Å². The van der Waals surface area contributed by atoms with Crippen LogP contribution >= 0.6 is 12.4 Å². The van der Waals surface area contributed by atoms with E-state index in [1.807, 2.05) is 6.92 Å². The van der Waals surface area contributed by atoms with Crippen LogP contribution in [0.25, 0.3) is 0 Å². The molecule has 4 nitrogen and oxygen atoms in total. The Labute approximate surface area is 83.6 Å². The van der Waals surface area contributed by atoms with Gasteiger partial charge in [-0.3, -0.25) is 5.84 Å². The van der Waals surface area contributed by atoms with Gasteiger partial charge in [0.25, 0.3) is 10.0 Å². The van der Waals surface area contributed by atoms with Crippen molar-refractivity contribution in [3.05, 3.63) is 29.8 Å². The third-order valence-electron chi connectivity index (χ3n) is 1.49. The van der Waals surface area contributed by atoms with Gasteiger partial charge in [-0.1, -0.05) is 17.7 Å². The van der Waals surface area contributed by atoms with Crippen molar-refractivity contribution < 1.29 is 8.42 Å². The summed E-state index contributed by atoms with van der Waals surface area (Å²) in [6.07, 6.45) is 0. The normalized spacial score (nSPS) is 10.6. The second kappa shape index (κ2) is 4.57. The van der Waals surface area contributed by atoms with Gasteiger partial charge in [0, 0.05) is 0 Å². The number of nitrogens with two attached hydrogens (primary N) is 1. The van der Waals surface area contributed by atoms with Crippen LogP contribution in [0.4, 0.5) is 0 Å². The van der Waals surface area contributed by atoms with Crippen molar-refractivity contribution in [2.45, 2.75) is 11.8 Å². The minimum Gasteiger partial charge on any atom is -0.257 e. The molecule has 1 aromatic rings.